The zero-order valence-corrected chi connectivity index (χ0v) is 10.9. The summed E-state index contributed by atoms with van der Waals surface area (Å²) in [4.78, 5) is 22.6. The van der Waals surface area contributed by atoms with E-state index in [4.69, 9.17) is 11.6 Å². The lowest BCUT2D eigenvalue weighted by atomic mass is 10.2. The molecule has 0 atom stereocenters. The molecule has 0 saturated carbocycles. The van der Waals surface area contributed by atoms with Gasteiger partial charge in [0.25, 0.3) is 5.91 Å². The van der Waals surface area contributed by atoms with Crippen molar-refractivity contribution in [3.8, 4) is 0 Å². The van der Waals surface area contributed by atoms with E-state index >= 15 is 0 Å². The highest BCUT2D eigenvalue weighted by atomic mass is 35.5. The van der Waals surface area contributed by atoms with Crippen LogP contribution in [0.25, 0.3) is 0 Å². The van der Waals surface area contributed by atoms with Crippen molar-refractivity contribution in [2.24, 2.45) is 0 Å². The van der Waals surface area contributed by atoms with Crippen molar-refractivity contribution < 1.29 is 27.5 Å². The van der Waals surface area contributed by atoms with Crippen molar-refractivity contribution in [2.75, 3.05) is 19.0 Å². The van der Waals surface area contributed by atoms with Crippen LogP contribution in [0.5, 0.6) is 0 Å². The Kier molecular flexibility index (Phi) is 5.20. The van der Waals surface area contributed by atoms with E-state index in [-0.39, 0.29) is 16.3 Å². The molecule has 0 aliphatic rings. The molecule has 0 bridgehead atoms. The molecule has 1 rings (SSSR count). The number of alkyl halides is 3. The lowest BCUT2D eigenvalue weighted by Gasteiger charge is -2.10. The van der Waals surface area contributed by atoms with E-state index < -0.39 is 24.8 Å². The maximum absolute atomic E-state index is 11.8. The largest absolute Gasteiger partial charge is 0.440 e. The molecule has 0 fully saturated rings. The van der Waals surface area contributed by atoms with Crippen LogP contribution in [0.1, 0.15) is 10.4 Å². The SMILES string of the molecule is CNC(=O)c1cc(NC(=O)OCC(F)(F)F)ccc1Cl. The highest BCUT2D eigenvalue weighted by molar-refractivity contribution is 6.34. The predicted octanol–water partition coefficient (Wildman–Crippen LogP) is 2.81. The van der Waals surface area contributed by atoms with Crippen LogP contribution in [0.3, 0.4) is 0 Å². The van der Waals surface area contributed by atoms with Gasteiger partial charge in [-0.3, -0.25) is 10.1 Å². The average Bonchev–Trinajstić information content (AvgIpc) is 2.37. The fraction of sp³-hybridized carbons (Fsp3) is 0.273. The van der Waals surface area contributed by atoms with E-state index in [1.807, 2.05) is 0 Å². The van der Waals surface area contributed by atoms with Crippen molar-refractivity contribution in [1.82, 2.24) is 5.32 Å². The molecule has 0 radical (unpaired) electrons. The third-order valence-electron chi connectivity index (χ3n) is 2.05. The smallest absolute Gasteiger partial charge is 0.422 e. The number of carbonyl (C=O) groups is 2. The molecule has 0 aromatic heterocycles. The molecule has 9 heteroatoms. The number of hydrogen-bond acceptors (Lipinski definition) is 3. The standard InChI is InChI=1S/C11H10ClF3N2O3/c1-16-9(18)7-4-6(2-3-8(7)12)17-10(19)20-5-11(13,14)15/h2-4H,5H2,1H3,(H,16,18)(H,17,19). The quantitative estimate of drug-likeness (QED) is 0.902. The average molecular weight is 311 g/mol. The lowest BCUT2D eigenvalue weighted by Crippen LogP contribution is -2.23. The van der Waals surface area contributed by atoms with Crippen LogP contribution < -0.4 is 10.6 Å². The van der Waals surface area contributed by atoms with Gasteiger partial charge in [0.2, 0.25) is 0 Å². The number of anilines is 1. The van der Waals surface area contributed by atoms with Crippen molar-refractivity contribution in [1.29, 1.82) is 0 Å². The number of benzene rings is 1. The first-order chi connectivity index (χ1) is 9.23. The van der Waals surface area contributed by atoms with Crippen LogP contribution in [0, 0.1) is 0 Å². The molecular weight excluding hydrogens is 301 g/mol. The predicted molar refractivity (Wildman–Crippen MR) is 65.9 cm³/mol. The Morgan fingerprint density at radius 3 is 2.55 bits per heavy atom. The van der Waals surface area contributed by atoms with Crippen LogP contribution in [-0.4, -0.2) is 31.8 Å². The van der Waals surface area contributed by atoms with Crippen LogP contribution >= 0.6 is 11.6 Å². The van der Waals surface area contributed by atoms with E-state index in [1.165, 1.54) is 25.2 Å². The Morgan fingerprint density at radius 1 is 1.35 bits per heavy atom. The Hall–Kier alpha value is -1.96. The van der Waals surface area contributed by atoms with E-state index in [9.17, 15) is 22.8 Å². The third-order valence-corrected chi connectivity index (χ3v) is 2.38. The summed E-state index contributed by atoms with van der Waals surface area (Å²) >= 11 is 5.77. The topological polar surface area (TPSA) is 67.4 Å². The molecule has 2 N–H and O–H groups in total. The molecule has 1 aromatic rings. The molecule has 0 unspecified atom stereocenters. The molecule has 0 aliphatic carbocycles. The number of carbonyl (C=O) groups excluding carboxylic acids is 2. The van der Waals surface area contributed by atoms with Crippen LogP contribution in [0.4, 0.5) is 23.7 Å². The molecule has 110 valence electrons. The minimum absolute atomic E-state index is 0.0720. The molecular formula is C11H10ClF3N2O3. The highest BCUT2D eigenvalue weighted by Gasteiger charge is 2.29. The van der Waals surface area contributed by atoms with E-state index in [2.05, 4.69) is 15.4 Å². The first-order valence-corrected chi connectivity index (χ1v) is 5.63. The van der Waals surface area contributed by atoms with Crippen molar-refractivity contribution in [3.63, 3.8) is 0 Å². The van der Waals surface area contributed by atoms with Gasteiger partial charge in [0.15, 0.2) is 6.61 Å². The lowest BCUT2D eigenvalue weighted by molar-refractivity contribution is -0.159. The van der Waals surface area contributed by atoms with Gasteiger partial charge in [-0.15, -0.1) is 0 Å². The number of nitrogens with one attached hydrogen (secondary N) is 2. The van der Waals surface area contributed by atoms with Crippen molar-refractivity contribution >= 4 is 29.3 Å². The first kappa shape index (κ1) is 16.1. The van der Waals surface area contributed by atoms with Gasteiger partial charge in [-0.05, 0) is 18.2 Å². The van der Waals surface area contributed by atoms with Gasteiger partial charge < -0.3 is 10.1 Å². The third kappa shape index (κ3) is 4.96. The monoisotopic (exact) mass is 310 g/mol. The van der Waals surface area contributed by atoms with Crippen LogP contribution in [-0.2, 0) is 4.74 Å². The summed E-state index contributed by atoms with van der Waals surface area (Å²) in [5.41, 5.74) is 0.156. The van der Waals surface area contributed by atoms with E-state index in [0.29, 0.717) is 0 Å². The van der Waals surface area contributed by atoms with Gasteiger partial charge in [0.1, 0.15) is 0 Å². The normalized spacial score (nSPS) is 10.8. The van der Waals surface area contributed by atoms with Crippen LogP contribution in [0.15, 0.2) is 18.2 Å². The van der Waals surface area contributed by atoms with Crippen LogP contribution in [0.2, 0.25) is 5.02 Å². The van der Waals surface area contributed by atoms with Gasteiger partial charge in [0, 0.05) is 12.7 Å². The maximum atomic E-state index is 11.8. The molecule has 1 aromatic carbocycles. The number of halogens is 4. The molecule has 2 amide bonds. The second-order valence-electron chi connectivity index (χ2n) is 3.59. The van der Waals surface area contributed by atoms with Gasteiger partial charge in [-0.2, -0.15) is 13.2 Å². The van der Waals surface area contributed by atoms with Crippen molar-refractivity contribution in [2.45, 2.75) is 6.18 Å². The highest BCUT2D eigenvalue weighted by Crippen LogP contribution is 2.21. The molecule has 0 aliphatic heterocycles. The molecule has 0 saturated heterocycles. The Bertz CT molecular complexity index is 520. The minimum Gasteiger partial charge on any atom is -0.440 e. The summed E-state index contributed by atoms with van der Waals surface area (Å²) in [6.07, 6.45) is -5.89. The van der Waals surface area contributed by atoms with Gasteiger partial charge in [0.05, 0.1) is 10.6 Å². The second kappa shape index (κ2) is 6.47. The molecule has 5 nitrogen and oxygen atoms in total. The Labute approximate surface area is 117 Å². The second-order valence-corrected chi connectivity index (χ2v) is 4.00. The fourth-order valence-electron chi connectivity index (χ4n) is 1.21. The summed E-state index contributed by atoms with van der Waals surface area (Å²) in [5, 5.41) is 4.53. The molecule has 20 heavy (non-hydrogen) atoms. The number of rotatable bonds is 3. The van der Waals surface area contributed by atoms with Gasteiger partial charge in [-0.1, -0.05) is 11.6 Å². The van der Waals surface area contributed by atoms with Gasteiger partial charge >= 0.3 is 12.3 Å². The summed E-state index contributed by atoms with van der Waals surface area (Å²) in [6.45, 7) is -1.70. The first-order valence-electron chi connectivity index (χ1n) is 5.25. The zero-order valence-electron chi connectivity index (χ0n) is 10.2. The minimum atomic E-state index is -4.61. The molecule has 0 spiro atoms. The summed E-state index contributed by atoms with van der Waals surface area (Å²) in [6, 6.07) is 3.87. The van der Waals surface area contributed by atoms with Crippen molar-refractivity contribution in [3.05, 3.63) is 28.8 Å². The van der Waals surface area contributed by atoms with Gasteiger partial charge in [-0.25, -0.2) is 4.79 Å². The number of hydrogen-bond donors (Lipinski definition) is 2. The summed E-state index contributed by atoms with van der Waals surface area (Å²) in [7, 11) is 1.39. The summed E-state index contributed by atoms with van der Waals surface area (Å²) in [5.74, 6) is -0.498. The number of ether oxygens (including phenoxy) is 1. The Balaban J connectivity index is 2.73. The fourth-order valence-corrected chi connectivity index (χ4v) is 1.42. The number of amides is 2. The molecule has 0 heterocycles. The summed E-state index contributed by atoms with van der Waals surface area (Å²) < 4.78 is 39.5. The zero-order chi connectivity index (χ0) is 15.3. The van der Waals surface area contributed by atoms with E-state index in [1.54, 1.807) is 0 Å². The van der Waals surface area contributed by atoms with E-state index in [0.717, 1.165) is 0 Å². The Morgan fingerprint density at radius 2 is 2.00 bits per heavy atom. The maximum Gasteiger partial charge on any atom is 0.422 e.